The molecule has 0 spiro atoms. The van der Waals surface area contributed by atoms with Crippen molar-refractivity contribution in [2.75, 3.05) is 0 Å². The molecule has 0 atom stereocenters. The Balaban J connectivity index is 2.19. The molecule has 0 radical (unpaired) electrons. The van der Waals surface area contributed by atoms with Crippen LogP contribution in [0.5, 0.6) is 0 Å². The number of hydrogen-bond donors (Lipinski definition) is 0. The van der Waals surface area contributed by atoms with Crippen LogP contribution >= 0.6 is 6.04 Å². The highest BCUT2D eigenvalue weighted by atomic mass is 32.4. The molecule has 0 N–H and O–H groups in total. The van der Waals surface area contributed by atoms with Crippen LogP contribution in [0.3, 0.4) is 0 Å². The summed E-state index contributed by atoms with van der Waals surface area (Å²) in [6, 6.07) is 18.8. The largest absolute Gasteiger partial charge is 0.240 e. The SMILES string of the molecule is O=C=Nc1ccc(P(=S)(c2ccc(N=C=O)cc2)c2ccc(N=C=O)cc2)cc1. The van der Waals surface area contributed by atoms with Crippen LogP contribution in [0.15, 0.2) is 87.8 Å². The lowest BCUT2D eigenvalue weighted by Crippen LogP contribution is -2.24. The Kier molecular flexibility index (Phi) is 6.33. The van der Waals surface area contributed by atoms with Crippen molar-refractivity contribution in [2.45, 2.75) is 0 Å². The maximum absolute atomic E-state index is 10.5. The van der Waals surface area contributed by atoms with Gasteiger partial charge in [-0.2, -0.15) is 15.0 Å². The summed E-state index contributed by atoms with van der Waals surface area (Å²) >= 11 is 6.21. The predicted octanol–water partition coefficient (Wildman–Crippen LogP) is 3.34. The standard InChI is InChI=1S/C21H12N3O3PS/c25-13-22-16-1-7-19(8-2-16)28(29,20-9-3-17(4-10-20)23-14-26)21-11-5-18(6-12-21)24-15-27/h1-12H. The third-order valence-electron chi connectivity index (χ3n) is 4.16. The molecular formula is C21H12N3O3PS. The van der Waals surface area contributed by atoms with E-state index >= 15 is 0 Å². The van der Waals surface area contributed by atoms with E-state index in [2.05, 4.69) is 15.0 Å². The molecule has 8 heteroatoms. The van der Waals surface area contributed by atoms with Gasteiger partial charge in [0.1, 0.15) is 0 Å². The van der Waals surface area contributed by atoms with Crippen LogP contribution in [0.4, 0.5) is 17.1 Å². The van der Waals surface area contributed by atoms with Gasteiger partial charge in [-0.25, -0.2) is 14.4 Å². The molecule has 29 heavy (non-hydrogen) atoms. The van der Waals surface area contributed by atoms with Crippen molar-refractivity contribution >= 4 is 69.1 Å². The lowest BCUT2D eigenvalue weighted by atomic mass is 10.3. The highest BCUT2D eigenvalue weighted by molar-refractivity contribution is 8.25. The van der Waals surface area contributed by atoms with Crippen molar-refractivity contribution < 1.29 is 14.4 Å². The van der Waals surface area contributed by atoms with E-state index in [4.69, 9.17) is 11.8 Å². The van der Waals surface area contributed by atoms with Crippen LogP contribution < -0.4 is 15.9 Å². The molecule has 6 nitrogen and oxygen atoms in total. The van der Waals surface area contributed by atoms with E-state index in [9.17, 15) is 14.4 Å². The fraction of sp³-hybridized carbons (Fsp3) is 0. The zero-order valence-electron chi connectivity index (χ0n) is 14.9. The molecule has 0 aliphatic carbocycles. The highest BCUT2D eigenvalue weighted by Gasteiger charge is 2.25. The van der Waals surface area contributed by atoms with E-state index in [0.29, 0.717) is 17.1 Å². The summed E-state index contributed by atoms with van der Waals surface area (Å²) in [5, 5.41) is 2.65. The second-order valence-electron chi connectivity index (χ2n) is 5.77. The molecule has 0 saturated heterocycles. The first-order chi connectivity index (χ1) is 14.1. The fourth-order valence-electron chi connectivity index (χ4n) is 2.82. The molecule has 0 aliphatic heterocycles. The maximum Gasteiger partial charge on any atom is 0.240 e. The van der Waals surface area contributed by atoms with Crippen molar-refractivity contribution in [1.82, 2.24) is 0 Å². The third kappa shape index (κ3) is 4.31. The molecule has 0 fully saturated rings. The van der Waals surface area contributed by atoms with Gasteiger partial charge >= 0.3 is 0 Å². The molecule has 3 aromatic rings. The molecule has 0 saturated carbocycles. The number of hydrogen-bond acceptors (Lipinski definition) is 7. The van der Waals surface area contributed by atoms with E-state index in [0.717, 1.165) is 15.9 Å². The zero-order valence-corrected chi connectivity index (χ0v) is 16.6. The van der Waals surface area contributed by atoms with Crippen molar-refractivity contribution in [1.29, 1.82) is 0 Å². The summed E-state index contributed by atoms with van der Waals surface area (Å²) < 4.78 is 0. The van der Waals surface area contributed by atoms with Gasteiger partial charge in [0.05, 0.1) is 17.1 Å². The van der Waals surface area contributed by atoms with Crippen LogP contribution in [0.2, 0.25) is 0 Å². The van der Waals surface area contributed by atoms with E-state index in [1.807, 2.05) is 36.4 Å². The average Bonchev–Trinajstić information content (AvgIpc) is 2.75. The molecule has 3 rings (SSSR count). The van der Waals surface area contributed by atoms with Crippen molar-refractivity contribution in [3.05, 3.63) is 72.8 Å². The minimum Gasteiger partial charge on any atom is -0.211 e. The summed E-state index contributed by atoms with van der Waals surface area (Å²) in [5.41, 5.74) is 1.45. The lowest BCUT2D eigenvalue weighted by Gasteiger charge is -2.24. The van der Waals surface area contributed by atoms with E-state index < -0.39 is 6.04 Å². The minimum absolute atomic E-state index is 0.483. The first-order valence-electron chi connectivity index (χ1n) is 8.27. The number of aliphatic imine (C=N–C) groups is 3. The normalized spacial score (nSPS) is 11.9. The van der Waals surface area contributed by atoms with Gasteiger partial charge in [-0.3, -0.25) is 0 Å². The first-order valence-corrected chi connectivity index (χ1v) is 11.1. The monoisotopic (exact) mass is 417 g/mol. The van der Waals surface area contributed by atoms with Crippen molar-refractivity contribution in [2.24, 2.45) is 15.0 Å². The summed E-state index contributed by atoms with van der Waals surface area (Å²) in [6.45, 7) is 0. The summed E-state index contributed by atoms with van der Waals surface area (Å²) in [4.78, 5) is 42.3. The predicted molar refractivity (Wildman–Crippen MR) is 116 cm³/mol. The maximum atomic E-state index is 10.5. The average molecular weight is 417 g/mol. The minimum atomic E-state index is -2.48. The van der Waals surface area contributed by atoms with Crippen LogP contribution in [0.25, 0.3) is 0 Å². The molecule has 0 aromatic heterocycles. The Labute approximate surface area is 171 Å². The number of isocyanates is 3. The number of nitrogens with zero attached hydrogens (tertiary/aromatic N) is 3. The molecule has 140 valence electrons. The van der Waals surface area contributed by atoms with E-state index in [-0.39, 0.29) is 0 Å². The van der Waals surface area contributed by atoms with Crippen LogP contribution in [-0.2, 0) is 26.2 Å². The second-order valence-corrected chi connectivity index (χ2v) is 10.2. The Morgan fingerprint density at radius 3 is 0.966 bits per heavy atom. The van der Waals surface area contributed by atoms with Gasteiger partial charge in [0.15, 0.2) is 0 Å². The first kappa shape index (κ1) is 20.2. The highest BCUT2D eigenvalue weighted by Crippen LogP contribution is 2.43. The number of rotatable bonds is 6. The second kappa shape index (κ2) is 9.09. The van der Waals surface area contributed by atoms with Gasteiger partial charge in [-0.15, -0.1) is 0 Å². The zero-order chi connectivity index (χ0) is 20.7. The molecule has 0 bridgehead atoms. The Morgan fingerprint density at radius 2 is 0.759 bits per heavy atom. The van der Waals surface area contributed by atoms with E-state index in [1.54, 1.807) is 36.4 Å². The van der Waals surface area contributed by atoms with Gasteiger partial charge < -0.3 is 0 Å². The van der Waals surface area contributed by atoms with Crippen molar-refractivity contribution in [3.8, 4) is 0 Å². The Morgan fingerprint density at radius 1 is 0.517 bits per heavy atom. The summed E-state index contributed by atoms with van der Waals surface area (Å²) in [5.74, 6) is 0. The summed E-state index contributed by atoms with van der Waals surface area (Å²) in [7, 11) is 0. The van der Waals surface area contributed by atoms with Crippen LogP contribution in [0.1, 0.15) is 0 Å². The number of carbonyl (C=O) groups excluding carboxylic acids is 3. The lowest BCUT2D eigenvalue weighted by molar-refractivity contribution is 0.564. The quantitative estimate of drug-likeness (QED) is 0.350. The summed E-state index contributed by atoms with van der Waals surface area (Å²) in [6.07, 6.45) is 4.55. The van der Waals surface area contributed by atoms with Crippen molar-refractivity contribution in [3.63, 3.8) is 0 Å². The molecule has 0 unspecified atom stereocenters. The molecule has 0 amide bonds. The van der Waals surface area contributed by atoms with E-state index in [1.165, 1.54) is 18.2 Å². The topological polar surface area (TPSA) is 88.3 Å². The van der Waals surface area contributed by atoms with Gasteiger partial charge in [-0.05, 0) is 52.3 Å². The van der Waals surface area contributed by atoms with Gasteiger partial charge in [0.2, 0.25) is 18.2 Å². The van der Waals surface area contributed by atoms with Gasteiger partial charge in [0, 0.05) is 6.04 Å². The molecule has 0 heterocycles. The van der Waals surface area contributed by atoms with Crippen LogP contribution in [-0.4, -0.2) is 18.2 Å². The Hall–Kier alpha value is -3.55. The Bertz CT molecular complexity index is 1060. The smallest absolute Gasteiger partial charge is 0.211 e. The third-order valence-corrected chi connectivity index (χ3v) is 9.14. The molecular weight excluding hydrogens is 405 g/mol. The van der Waals surface area contributed by atoms with Gasteiger partial charge in [0.25, 0.3) is 0 Å². The van der Waals surface area contributed by atoms with Crippen LogP contribution in [0, 0.1) is 0 Å². The van der Waals surface area contributed by atoms with Gasteiger partial charge in [-0.1, -0.05) is 48.2 Å². The fourth-order valence-corrected chi connectivity index (χ4v) is 6.51. The number of benzene rings is 3. The molecule has 3 aromatic carbocycles. The molecule has 0 aliphatic rings.